The Morgan fingerprint density at radius 2 is 1.92 bits per heavy atom. The zero-order chi connectivity index (χ0) is 25.8. The molecular formula is C25H27Cl2N5O3S2. The number of morpholine rings is 1. The molecule has 0 bridgehead atoms. The lowest BCUT2D eigenvalue weighted by atomic mass is 9.97. The Morgan fingerprint density at radius 3 is 2.68 bits per heavy atom. The zero-order valence-corrected chi connectivity index (χ0v) is 23.3. The number of benzene rings is 1. The highest BCUT2D eigenvalue weighted by Crippen LogP contribution is 2.32. The normalized spacial score (nSPS) is 18.8. The molecule has 12 heteroatoms. The first-order valence-corrected chi connectivity index (χ1v) is 14.7. The van der Waals surface area contributed by atoms with Crippen molar-refractivity contribution in [3.05, 3.63) is 62.0 Å². The van der Waals surface area contributed by atoms with Crippen LogP contribution in [0.5, 0.6) is 0 Å². The number of amides is 1. The lowest BCUT2D eigenvalue weighted by Gasteiger charge is -2.34. The van der Waals surface area contributed by atoms with Crippen molar-refractivity contribution in [1.82, 2.24) is 24.6 Å². The number of thiophene rings is 1. The average Bonchev–Trinajstić information content (AvgIpc) is 3.54. The van der Waals surface area contributed by atoms with Gasteiger partial charge in [0.1, 0.15) is 0 Å². The average molecular weight is 581 g/mol. The van der Waals surface area contributed by atoms with Gasteiger partial charge in [0.25, 0.3) is 5.91 Å². The summed E-state index contributed by atoms with van der Waals surface area (Å²) >= 11 is 15.4. The van der Waals surface area contributed by atoms with Gasteiger partial charge in [-0.25, -0.2) is 4.98 Å². The summed E-state index contributed by atoms with van der Waals surface area (Å²) in [6.07, 6.45) is 1.72. The van der Waals surface area contributed by atoms with Gasteiger partial charge in [0.15, 0.2) is 11.0 Å². The molecule has 0 N–H and O–H groups in total. The van der Waals surface area contributed by atoms with Gasteiger partial charge in [0, 0.05) is 42.7 Å². The second kappa shape index (κ2) is 12.3. The molecule has 2 saturated heterocycles. The van der Waals surface area contributed by atoms with Crippen molar-refractivity contribution < 1.29 is 14.3 Å². The van der Waals surface area contributed by atoms with Gasteiger partial charge < -0.3 is 9.64 Å². The van der Waals surface area contributed by atoms with Crippen molar-refractivity contribution >= 4 is 58.1 Å². The van der Waals surface area contributed by atoms with Gasteiger partial charge in [-0.15, -0.1) is 16.4 Å². The monoisotopic (exact) mass is 579 g/mol. The van der Waals surface area contributed by atoms with Crippen molar-refractivity contribution in [1.29, 1.82) is 0 Å². The molecule has 5 rings (SSSR count). The highest BCUT2D eigenvalue weighted by molar-refractivity contribution is 7.98. The summed E-state index contributed by atoms with van der Waals surface area (Å²) in [5, 5.41) is 5.53. The number of nitrogens with zero attached hydrogens (tertiary/aromatic N) is 5. The number of hydrogen-bond donors (Lipinski definition) is 0. The molecule has 2 aliphatic heterocycles. The summed E-state index contributed by atoms with van der Waals surface area (Å²) in [4.78, 5) is 36.4. The van der Waals surface area contributed by atoms with Gasteiger partial charge in [-0.2, -0.15) is 4.68 Å². The van der Waals surface area contributed by atoms with Crippen LogP contribution in [-0.2, 0) is 15.3 Å². The van der Waals surface area contributed by atoms with Gasteiger partial charge in [-0.05, 0) is 37.1 Å². The Kier molecular flexibility index (Phi) is 8.84. The van der Waals surface area contributed by atoms with E-state index >= 15 is 0 Å². The first-order chi connectivity index (χ1) is 18.0. The smallest absolute Gasteiger partial charge is 0.282 e. The number of carbonyl (C=O) groups is 2. The summed E-state index contributed by atoms with van der Waals surface area (Å²) < 4.78 is 7.46. The van der Waals surface area contributed by atoms with Crippen LogP contribution in [0.1, 0.15) is 39.8 Å². The minimum absolute atomic E-state index is 0.0433. The molecule has 0 radical (unpaired) electrons. The van der Waals surface area contributed by atoms with E-state index in [-0.39, 0.29) is 17.7 Å². The molecule has 2 aliphatic rings. The maximum Gasteiger partial charge on any atom is 0.282 e. The third-order valence-corrected chi connectivity index (χ3v) is 9.19. The van der Waals surface area contributed by atoms with E-state index in [0.717, 1.165) is 37.4 Å². The van der Waals surface area contributed by atoms with Gasteiger partial charge in [0.2, 0.25) is 5.91 Å². The molecule has 1 atom stereocenters. The minimum atomic E-state index is -0.327. The highest BCUT2D eigenvalue weighted by atomic mass is 35.5. The van der Waals surface area contributed by atoms with Crippen LogP contribution in [-0.4, -0.2) is 82.3 Å². The molecule has 37 heavy (non-hydrogen) atoms. The number of likely N-dealkylation sites (tertiary alicyclic amines) is 1. The van der Waals surface area contributed by atoms with E-state index in [1.165, 1.54) is 27.8 Å². The van der Waals surface area contributed by atoms with Crippen LogP contribution in [0.15, 0.2) is 41.6 Å². The third kappa shape index (κ3) is 6.55. The molecule has 2 fully saturated rings. The lowest BCUT2D eigenvalue weighted by Crippen LogP contribution is -2.47. The molecule has 1 aromatic carbocycles. The van der Waals surface area contributed by atoms with Gasteiger partial charge in [-0.3, -0.25) is 14.5 Å². The number of piperidine rings is 1. The van der Waals surface area contributed by atoms with Gasteiger partial charge in [-0.1, -0.05) is 47.1 Å². The van der Waals surface area contributed by atoms with Crippen LogP contribution < -0.4 is 0 Å². The Morgan fingerprint density at radius 1 is 1.11 bits per heavy atom. The van der Waals surface area contributed by atoms with Crippen molar-refractivity contribution in [2.24, 2.45) is 0 Å². The molecule has 1 amide bonds. The van der Waals surface area contributed by atoms with E-state index in [1.807, 2.05) is 17.0 Å². The van der Waals surface area contributed by atoms with Crippen molar-refractivity contribution in [3.63, 3.8) is 0 Å². The fourth-order valence-electron chi connectivity index (χ4n) is 4.49. The number of halogens is 2. The molecule has 8 nitrogen and oxygen atoms in total. The Hall–Kier alpha value is -1.95. The summed E-state index contributed by atoms with van der Waals surface area (Å²) in [5.74, 6) is 0.934. The van der Waals surface area contributed by atoms with Crippen LogP contribution in [0.2, 0.25) is 9.36 Å². The summed E-state index contributed by atoms with van der Waals surface area (Å²) in [7, 11) is 0. The molecule has 196 valence electrons. The predicted octanol–water partition coefficient (Wildman–Crippen LogP) is 4.67. The van der Waals surface area contributed by atoms with Crippen LogP contribution in [0.25, 0.3) is 0 Å². The van der Waals surface area contributed by atoms with Crippen LogP contribution in [0.4, 0.5) is 0 Å². The molecule has 0 aliphatic carbocycles. The number of carbonyl (C=O) groups excluding carboxylic acids is 2. The topological polar surface area (TPSA) is 80.6 Å². The van der Waals surface area contributed by atoms with Crippen LogP contribution >= 0.6 is 46.3 Å². The van der Waals surface area contributed by atoms with Crippen molar-refractivity contribution in [2.45, 2.75) is 29.7 Å². The predicted molar refractivity (Wildman–Crippen MR) is 146 cm³/mol. The number of aromatic nitrogens is 3. The number of ether oxygens (including phenoxy) is 1. The quantitative estimate of drug-likeness (QED) is 0.376. The minimum Gasteiger partial charge on any atom is -0.379 e. The Labute approximate surface area is 233 Å². The first-order valence-electron chi connectivity index (χ1n) is 12.2. The molecule has 0 spiro atoms. The van der Waals surface area contributed by atoms with E-state index in [0.29, 0.717) is 58.0 Å². The van der Waals surface area contributed by atoms with Crippen LogP contribution in [0.3, 0.4) is 0 Å². The molecule has 1 unspecified atom stereocenters. The van der Waals surface area contributed by atoms with Crippen LogP contribution in [0, 0.1) is 0 Å². The van der Waals surface area contributed by atoms with Gasteiger partial charge in [0.05, 0.1) is 34.7 Å². The molecule has 2 aromatic heterocycles. The van der Waals surface area contributed by atoms with Crippen molar-refractivity contribution in [3.8, 4) is 0 Å². The number of rotatable bonds is 7. The molecular weight excluding hydrogens is 553 g/mol. The molecule has 4 heterocycles. The Balaban J connectivity index is 1.35. The fourth-order valence-corrected chi connectivity index (χ4v) is 6.77. The lowest BCUT2D eigenvalue weighted by molar-refractivity contribution is -0.134. The van der Waals surface area contributed by atoms with Crippen molar-refractivity contribution in [2.75, 3.05) is 45.9 Å². The summed E-state index contributed by atoms with van der Waals surface area (Å²) in [5.41, 5.74) is 0.368. The van der Waals surface area contributed by atoms with E-state index in [9.17, 15) is 9.59 Å². The molecule has 0 saturated carbocycles. The largest absolute Gasteiger partial charge is 0.379 e. The summed E-state index contributed by atoms with van der Waals surface area (Å²) in [6.45, 7) is 4.53. The number of thioether (sulfide) groups is 1. The standard InChI is InChI=1S/C25H27Cl2N5O3S2/c26-20-6-2-1-5-19(20)24(34)32-25(36-16-18-7-8-21(27)37-18)28-23(29-32)17-4-3-9-31(14-17)22(33)15-30-10-12-35-13-11-30/h1-2,5-8,17H,3-4,9-16H2. The van der Waals surface area contributed by atoms with Gasteiger partial charge >= 0.3 is 0 Å². The number of hydrogen-bond acceptors (Lipinski definition) is 8. The zero-order valence-electron chi connectivity index (χ0n) is 20.1. The van der Waals surface area contributed by atoms with E-state index < -0.39 is 0 Å². The maximum atomic E-state index is 13.5. The summed E-state index contributed by atoms with van der Waals surface area (Å²) in [6, 6.07) is 10.8. The first kappa shape index (κ1) is 26.6. The second-order valence-electron chi connectivity index (χ2n) is 9.01. The highest BCUT2D eigenvalue weighted by Gasteiger charge is 2.30. The fraction of sp³-hybridized carbons (Fsp3) is 0.440. The third-order valence-electron chi connectivity index (χ3n) is 6.46. The maximum absolute atomic E-state index is 13.5. The van der Waals surface area contributed by atoms with E-state index in [1.54, 1.807) is 24.3 Å². The Bertz CT molecular complexity index is 1260. The molecule has 3 aromatic rings. The van der Waals surface area contributed by atoms with E-state index in [2.05, 4.69) is 10.00 Å². The van der Waals surface area contributed by atoms with E-state index in [4.69, 9.17) is 32.9 Å². The second-order valence-corrected chi connectivity index (χ2v) is 12.2. The SMILES string of the molecule is O=C(CN1CCOCC1)N1CCCC(c2nc(SCc3ccc(Cl)s3)n(C(=O)c3ccccc3Cl)n2)C1.